The monoisotopic (exact) mass is 282 g/mol. The van der Waals surface area contributed by atoms with Crippen molar-refractivity contribution in [2.75, 3.05) is 20.3 Å². The molecule has 2 rings (SSSR count). The summed E-state index contributed by atoms with van der Waals surface area (Å²) in [5.41, 5.74) is -0.728. The normalized spacial score (nSPS) is 29.4. The first-order valence-corrected chi connectivity index (χ1v) is 7.51. The summed E-state index contributed by atoms with van der Waals surface area (Å²) in [5, 5.41) is 2.96. The number of rotatable bonds is 5. The molecule has 0 aromatic heterocycles. The lowest BCUT2D eigenvalue weighted by Crippen LogP contribution is -2.59. The van der Waals surface area contributed by atoms with E-state index in [1.807, 2.05) is 11.8 Å². The Hall–Kier alpha value is -1.10. The van der Waals surface area contributed by atoms with Crippen molar-refractivity contribution in [1.82, 2.24) is 10.2 Å². The highest BCUT2D eigenvalue weighted by Crippen LogP contribution is 2.41. The van der Waals surface area contributed by atoms with E-state index in [0.717, 1.165) is 12.8 Å². The van der Waals surface area contributed by atoms with Gasteiger partial charge in [-0.25, -0.2) is 0 Å². The zero-order valence-electron chi connectivity index (χ0n) is 12.9. The average molecular weight is 282 g/mol. The molecule has 1 N–H and O–H groups in total. The van der Waals surface area contributed by atoms with Crippen LogP contribution in [0.2, 0.25) is 0 Å². The molecule has 0 aromatic rings. The summed E-state index contributed by atoms with van der Waals surface area (Å²) in [5.74, 6) is 0.627. The van der Waals surface area contributed by atoms with E-state index in [2.05, 4.69) is 19.2 Å². The van der Waals surface area contributed by atoms with Crippen LogP contribution in [-0.2, 0) is 14.3 Å². The van der Waals surface area contributed by atoms with Crippen molar-refractivity contribution in [1.29, 1.82) is 0 Å². The molecule has 1 saturated carbocycles. The van der Waals surface area contributed by atoms with Crippen molar-refractivity contribution in [3.8, 4) is 0 Å². The number of hydrogen-bond acceptors (Lipinski definition) is 3. The van der Waals surface area contributed by atoms with Gasteiger partial charge < -0.3 is 15.0 Å². The number of ether oxygens (including phenoxy) is 1. The molecule has 114 valence electrons. The van der Waals surface area contributed by atoms with Crippen LogP contribution >= 0.6 is 0 Å². The largest absolute Gasteiger partial charge is 0.383 e. The van der Waals surface area contributed by atoms with Gasteiger partial charge in [0.1, 0.15) is 5.54 Å². The van der Waals surface area contributed by atoms with Gasteiger partial charge in [0.25, 0.3) is 0 Å². The molecule has 2 atom stereocenters. The van der Waals surface area contributed by atoms with Gasteiger partial charge in [-0.2, -0.15) is 0 Å². The number of methoxy groups -OCH3 is 1. The van der Waals surface area contributed by atoms with Crippen LogP contribution in [0.4, 0.5) is 0 Å². The van der Waals surface area contributed by atoms with Gasteiger partial charge in [0.2, 0.25) is 11.8 Å². The summed E-state index contributed by atoms with van der Waals surface area (Å²) in [6.45, 7) is 7.06. The Labute approximate surface area is 121 Å². The van der Waals surface area contributed by atoms with Gasteiger partial charge >= 0.3 is 0 Å². The first-order chi connectivity index (χ1) is 9.40. The highest BCUT2D eigenvalue weighted by atomic mass is 16.5. The summed E-state index contributed by atoms with van der Waals surface area (Å²) in [6.07, 6.45) is 2.42. The third-order valence-electron chi connectivity index (χ3n) is 4.59. The number of nitrogens with one attached hydrogen (secondary N) is 1. The molecule has 1 saturated heterocycles. The van der Waals surface area contributed by atoms with Gasteiger partial charge in [0.15, 0.2) is 0 Å². The van der Waals surface area contributed by atoms with E-state index in [4.69, 9.17) is 4.74 Å². The molecule has 0 spiro atoms. The molecule has 0 radical (unpaired) electrons. The van der Waals surface area contributed by atoms with Gasteiger partial charge in [-0.05, 0) is 31.6 Å². The maximum atomic E-state index is 13.0. The van der Waals surface area contributed by atoms with Crippen LogP contribution < -0.4 is 5.32 Å². The molecule has 5 heteroatoms. The van der Waals surface area contributed by atoms with Crippen molar-refractivity contribution in [2.45, 2.75) is 51.6 Å². The predicted octanol–water partition coefficient (Wildman–Crippen LogP) is 1.17. The second-order valence-electron chi connectivity index (χ2n) is 6.54. The highest BCUT2D eigenvalue weighted by molar-refractivity contribution is 5.94. The minimum Gasteiger partial charge on any atom is -0.383 e. The standard InChI is InChI=1S/C15H26N2O3/c1-10(2)12(9-20-4)17-8-7-13(18)16-15(3,14(17)19)11-5-6-11/h10-12H,5-9H2,1-4H3,(H,16,18). The Bertz CT molecular complexity index is 393. The molecule has 2 fully saturated rings. The Morgan fingerprint density at radius 1 is 1.40 bits per heavy atom. The van der Waals surface area contributed by atoms with E-state index in [1.165, 1.54) is 0 Å². The minimum atomic E-state index is -0.728. The van der Waals surface area contributed by atoms with Gasteiger partial charge in [0, 0.05) is 20.1 Å². The van der Waals surface area contributed by atoms with Crippen LogP contribution in [0.1, 0.15) is 40.0 Å². The Morgan fingerprint density at radius 2 is 2.05 bits per heavy atom. The van der Waals surface area contributed by atoms with Gasteiger partial charge in [-0.1, -0.05) is 13.8 Å². The van der Waals surface area contributed by atoms with Crippen molar-refractivity contribution in [2.24, 2.45) is 11.8 Å². The van der Waals surface area contributed by atoms with E-state index in [0.29, 0.717) is 25.5 Å². The van der Waals surface area contributed by atoms with Crippen molar-refractivity contribution < 1.29 is 14.3 Å². The van der Waals surface area contributed by atoms with Gasteiger partial charge in [-0.3, -0.25) is 9.59 Å². The molecule has 2 aliphatic rings. The molecule has 0 bridgehead atoms. The van der Waals surface area contributed by atoms with Crippen LogP contribution in [0, 0.1) is 11.8 Å². The second kappa shape index (κ2) is 5.72. The molecule has 1 heterocycles. The molecule has 1 aliphatic carbocycles. The van der Waals surface area contributed by atoms with Crippen LogP contribution in [0.25, 0.3) is 0 Å². The number of carbonyl (C=O) groups excluding carboxylic acids is 2. The summed E-state index contributed by atoms with van der Waals surface area (Å²) >= 11 is 0. The van der Waals surface area contributed by atoms with Crippen molar-refractivity contribution in [3.63, 3.8) is 0 Å². The fourth-order valence-corrected chi connectivity index (χ4v) is 3.09. The Balaban J connectivity index is 2.26. The van der Waals surface area contributed by atoms with Crippen molar-refractivity contribution in [3.05, 3.63) is 0 Å². The summed E-state index contributed by atoms with van der Waals surface area (Å²) in [6, 6.07) is 0.0262. The first-order valence-electron chi connectivity index (χ1n) is 7.51. The van der Waals surface area contributed by atoms with E-state index in [-0.39, 0.29) is 23.8 Å². The van der Waals surface area contributed by atoms with Crippen LogP contribution in [0.3, 0.4) is 0 Å². The zero-order valence-corrected chi connectivity index (χ0v) is 12.9. The number of hydrogen-bond donors (Lipinski definition) is 1. The van der Waals surface area contributed by atoms with Gasteiger partial charge in [-0.15, -0.1) is 0 Å². The van der Waals surface area contributed by atoms with Gasteiger partial charge in [0.05, 0.1) is 12.6 Å². The molecule has 1 aliphatic heterocycles. The quantitative estimate of drug-likeness (QED) is 0.823. The second-order valence-corrected chi connectivity index (χ2v) is 6.54. The Morgan fingerprint density at radius 3 is 2.55 bits per heavy atom. The number of nitrogens with zero attached hydrogens (tertiary/aromatic N) is 1. The average Bonchev–Trinajstić information content (AvgIpc) is 3.20. The lowest BCUT2D eigenvalue weighted by atomic mass is 9.92. The molecule has 2 unspecified atom stereocenters. The lowest BCUT2D eigenvalue weighted by Gasteiger charge is -2.38. The third-order valence-corrected chi connectivity index (χ3v) is 4.59. The van der Waals surface area contributed by atoms with Crippen LogP contribution in [-0.4, -0.2) is 48.6 Å². The number of amides is 2. The third kappa shape index (κ3) is 2.82. The first kappa shape index (κ1) is 15.3. The predicted molar refractivity (Wildman–Crippen MR) is 76.1 cm³/mol. The van der Waals surface area contributed by atoms with Crippen LogP contribution in [0.5, 0.6) is 0 Å². The van der Waals surface area contributed by atoms with Crippen LogP contribution in [0.15, 0.2) is 0 Å². The minimum absolute atomic E-state index is 0.0184. The summed E-state index contributed by atoms with van der Waals surface area (Å²) in [4.78, 5) is 26.8. The number of carbonyl (C=O) groups is 2. The molecule has 5 nitrogen and oxygen atoms in total. The maximum absolute atomic E-state index is 13.0. The zero-order chi connectivity index (χ0) is 14.9. The fraction of sp³-hybridized carbons (Fsp3) is 0.867. The van der Waals surface area contributed by atoms with E-state index >= 15 is 0 Å². The fourth-order valence-electron chi connectivity index (χ4n) is 3.09. The smallest absolute Gasteiger partial charge is 0.248 e. The molecule has 20 heavy (non-hydrogen) atoms. The van der Waals surface area contributed by atoms with E-state index in [1.54, 1.807) is 7.11 Å². The molecular weight excluding hydrogens is 256 g/mol. The molecule has 2 amide bonds. The lowest BCUT2D eigenvalue weighted by molar-refractivity contribution is -0.143. The van der Waals surface area contributed by atoms with E-state index in [9.17, 15) is 9.59 Å². The highest BCUT2D eigenvalue weighted by Gasteiger charge is 2.52. The SMILES string of the molecule is COCC(C(C)C)N1CCC(=O)NC(C)(C2CC2)C1=O. The molecular formula is C15H26N2O3. The Kier molecular flexibility index (Phi) is 4.37. The summed E-state index contributed by atoms with van der Waals surface area (Å²) in [7, 11) is 1.65. The van der Waals surface area contributed by atoms with Crippen molar-refractivity contribution >= 4 is 11.8 Å². The summed E-state index contributed by atoms with van der Waals surface area (Å²) < 4.78 is 5.28. The topological polar surface area (TPSA) is 58.6 Å². The maximum Gasteiger partial charge on any atom is 0.248 e. The van der Waals surface area contributed by atoms with E-state index < -0.39 is 5.54 Å². The molecule has 0 aromatic carbocycles.